The molecule has 0 aliphatic heterocycles. The smallest absolute Gasteiger partial charge is 0.306 e. The molecule has 0 atom stereocenters. The lowest BCUT2D eigenvalue weighted by Gasteiger charge is -2.26. The quantitative estimate of drug-likeness (QED) is 0.755. The van der Waals surface area contributed by atoms with Crippen molar-refractivity contribution in [2.24, 2.45) is 11.8 Å². The van der Waals surface area contributed by atoms with Crippen LogP contribution in [0.1, 0.15) is 32.6 Å². The zero-order chi connectivity index (χ0) is 14.7. The van der Waals surface area contributed by atoms with E-state index in [0.29, 0.717) is 31.9 Å². The van der Waals surface area contributed by atoms with Crippen LogP contribution in [0.25, 0.3) is 0 Å². The van der Waals surface area contributed by atoms with Crippen LogP contribution in [0, 0.1) is 11.8 Å². The molecule has 0 bridgehead atoms. The van der Waals surface area contributed by atoms with Gasteiger partial charge in [0.05, 0.1) is 12.5 Å². The van der Waals surface area contributed by atoms with Crippen molar-refractivity contribution < 1.29 is 14.6 Å². The van der Waals surface area contributed by atoms with E-state index >= 15 is 0 Å². The third kappa shape index (κ3) is 2.84. The molecule has 1 aromatic rings. The number of hydrogen-bond acceptors (Lipinski definition) is 5. The SMILES string of the molecule is CCOc1c(NCC2CCC(C(=O)O)CC2)c(=O)c1=O. The zero-order valence-electron chi connectivity index (χ0n) is 11.5. The summed E-state index contributed by atoms with van der Waals surface area (Å²) in [5.74, 6) is -0.491. The van der Waals surface area contributed by atoms with Gasteiger partial charge in [0.15, 0.2) is 5.75 Å². The molecule has 2 N–H and O–H groups in total. The standard InChI is InChI=1S/C14H19NO5/c1-2-20-13-10(11(16)12(13)17)15-7-8-3-5-9(6-4-8)14(18)19/h8-9,15H,2-7H2,1H3,(H,18,19). The maximum Gasteiger partial charge on any atom is 0.306 e. The van der Waals surface area contributed by atoms with Crippen LogP contribution in [0.3, 0.4) is 0 Å². The third-order valence-electron chi connectivity index (χ3n) is 3.92. The second kappa shape index (κ2) is 6.07. The maximum absolute atomic E-state index is 11.4. The minimum absolute atomic E-state index is 0.136. The van der Waals surface area contributed by atoms with Crippen molar-refractivity contribution in [3.05, 3.63) is 20.4 Å². The highest BCUT2D eigenvalue weighted by atomic mass is 16.5. The molecule has 1 aromatic carbocycles. The summed E-state index contributed by atoms with van der Waals surface area (Å²) in [5.41, 5.74) is -0.811. The highest BCUT2D eigenvalue weighted by molar-refractivity contribution is 5.70. The van der Waals surface area contributed by atoms with Crippen LogP contribution in [0.4, 0.5) is 5.69 Å². The highest BCUT2D eigenvalue weighted by Crippen LogP contribution is 2.29. The van der Waals surface area contributed by atoms with E-state index in [2.05, 4.69) is 5.32 Å². The van der Waals surface area contributed by atoms with Crippen molar-refractivity contribution in [1.82, 2.24) is 0 Å². The van der Waals surface area contributed by atoms with Gasteiger partial charge >= 0.3 is 5.97 Å². The summed E-state index contributed by atoms with van der Waals surface area (Å²) in [7, 11) is 0. The monoisotopic (exact) mass is 281 g/mol. The number of aliphatic carboxylic acids is 1. The Morgan fingerprint density at radius 2 is 1.90 bits per heavy atom. The van der Waals surface area contributed by atoms with Gasteiger partial charge in [0.2, 0.25) is 0 Å². The van der Waals surface area contributed by atoms with Crippen LogP contribution < -0.4 is 20.9 Å². The number of carboxylic acid groups (broad SMARTS) is 1. The van der Waals surface area contributed by atoms with E-state index in [1.165, 1.54) is 0 Å². The van der Waals surface area contributed by atoms with Gasteiger partial charge in [-0.05, 0) is 38.5 Å². The van der Waals surface area contributed by atoms with Crippen molar-refractivity contribution in [3.63, 3.8) is 0 Å². The van der Waals surface area contributed by atoms with E-state index in [1.54, 1.807) is 6.92 Å². The van der Waals surface area contributed by atoms with Crippen LogP contribution in [0.15, 0.2) is 9.59 Å². The fourth-order valence-electron chi connectivity index (χ4n) is 2.67. The molecule has 0 saturated heterocycles. The second-order valence-electron chi connectivity index (χ2n) is 5.23. The van der Waals surface area contributed by atoms with Gasteiger partial charge in [0, 0.05) is 6.54 Å². The molecule has 20 heavy (non-hydrogen) atoms. The molecule has 0 radical (unpaired) electrons. The highest BCUT2D eigenvalue weighted by Gasteiger charge is 2.27. The topological polar surface area (TPSA) is 92.7 Å². The predicted molar refractivity (Wildman–Crippen MR) is 74.1 cm³/mol. The van der Waals surface area contributed by atoms with Gasteiger partial charge < -0.3 is 15.2 Å². The average molecular weight is 281 g/mol. The first-order valence-electron chi connectivity index (χ1n) is 6.97. The Bertz CT molecular complexity index is 550. The molecule has 1 fully saturated rings. The average Bonchev–Trinajstić information content (AvgIpc) is 2.46. The van der Waals surface area contributed by atoms with E-state index in [9.17, 15) is 14.4 Å². The Labute approximate surface area is 116 Å². The summed E-state index contributed by atoms with van der Waals surface area (Å²) in [6.07, 6.45) is 2.99. The molecule has 1 aliphatic rings. The molecule has 1 saturated carbocycles. The molecule has 0 spiro atoms. The lowest BCUT2D eigenvalue weighted by molar-refractivity contribution is -0.143. The van der Waals surface area contributed by atoms with E-state index in [1.807, 2.05) is 0 Å². The van der Waals surface area contributed by atoms with Crippen molar-refractivity contribution in [1.29, 1.82) is 0 Å². The van der Waals surface area contributed by atoms with Crippen LogP contribution in [-0.2, 0) is 4.79 Å². The van der Waals surface area contributed by atoms with Gasteiger partial charge in [0.1, 0.15) is 5.69 Å². The Morgan fingerprint density at radius 3 is 2.45 bits per heavy atom. The first-order valence-corrected chi connectivity index (χ1v) is 6.97. The number of rotatable bonds is 6. The molecule has 1 aliphatic carbocycles. The van der Waals surface area contributed by atoms with Crippen molar-refractivity contribution in [2.45, 2.75) is 32.6 Å². The molecule has 0 aromatic heterocycles. The lowest BCUT2D eigenvalue weighted by Crippen LogP contribution is -2.37. The van der Waals surface area contributed by atoms with E-state index < -0.39 is 16.8 Å². The van der Waals surface area contributed by atoms with Crippen LogP contribution in [0.5, 0.6) is 5.75 Å². The first-order chi connectivity index (χ1) is 9.54. The summed E-state index contributed by atoms with van der Waals surface area (Å²) in [5, 5.41) is 11.9. The molecular formula is C14H19NO5. The molecule has 110 valence electrons. The predicted octanol–water partition coefficient (Wildman–Crippen LogP) is 0.984. The maximum atomic E-state index is 11.4. The summed E-state index contributed by atoms with van der Waals surface area (Å²) >= 11 is 0. The van der Waals surface area contributed by atoms with Crippen molar-refractivity contribution in [3.8, 4) is 5.75 Å². The van der Waals surface area contributed by atoms with E-state index in [4.69, 9.17) is 9.84 Å². The third-order valence-corrected chi connectivity index (χ3v) is 3.92. The largest absolute Gasteiger partial charge is 0.488 e. The zero-order valence-corrected chi connectivity index (χ0v) is 11.5. The van der Waals surface area contributed by atoms with Crippen LogP contribution >= 0.6 is 0 Å². The van der Waals surface area contributed by atoms with Crippen molar-refractivity contribution in [2.75, 3.05) is 18.5 Å². The Kier molecular flexibility index (Phi) is 4.42. The van der Waals surface area contributed by atoms with Gasteiger partial charge in [-0.2, -0.15) is 0 Å². The van der Waals surface area contributed by atoms with Crippen LogP contribution in [-0.4, -0.2) is 24.2 Å². The van der Waals surface area contributed by atoms with Crippen LogP contribution in [0.2, 0.25) is 0 Å². The van der Waals surface area contributed by atoms with E-state index in [0.717, 1.165) is 12.8 Å². The number of carboxylic acids is 1. The van der Waals surface area contributed by atoms with Gasteiger partial charge in [0.25, 0.3) is 10.9 Å². The van der Waals surface area contributed by atoms with Gasteiger partial charge in [-0.3, -0.25) is 14.4 Å². The first kappa shape index (κ1) is 14.6. The van der Waals surface area contributed by atoms with Crippen molar-refractivity contribution >= 4 is 11.7 Å². The fourth-order valence-corrected chi connectivity index (χ4v) is 2.67. The summed E-state index contributed by atoms with van der Waals surface area (Å²) in [6, 6.07) is 0. The fraction of sp³-hybridized carbons (Fsp3) is 0.643. The Morgan fingerprint density at radius 1 is 1.25 bits per heavy atom. The summed E-state index contributed by atoms with van der Waals surface area (Å²) in [4.78, 5) is 33.6. The van der Waals surface area contributed by atoms with Gasteiger partial charge in [-0.25, -0.2) is 0 Å². The molecule has 0 unspecified atom stereocenters. The molecule has 6 heteroatoms. The number of nitrogens with one attached hydrogen (secondary N) is 1. The van der Waals surface area contributed by atoms with Gasteiger partial charge in [-0.1, -0.05) is 0 Å². The van der Waals surface area contributed by atoms with Gasteiger partial charge in [-0.15, -0.1) is 0 Å². The normalized spacial score (nSPS) is 22.6. The molecule has 2 rings (SSSR count). The Balaban J connectivity index is 1.85. The molecule has 0 amide bonds. The lowest BCUT2D eigenvalue weighted by atomic mass is 9.82. The summed E-state index contributed by atoms with van der Waals surface area (Å²) < 4.78 is 5.13. The second-order valence-corrected chi connectivity index (χ2v) is 5.23. The number of anilines is 1. The minimum Gasteiger partial charge on any atom is -0.488 e. The molecule has 0 heterocycles. The number of hydrogen-bond donors (Lipinski definition) is 2. The number of ether oxygens (including phenoxy) is 1. The Hall–Kier alpha value is -1.85. The summed E-state index contributed by atoms with van der Waals surface area (Å²) in [6.45, 7) is 2.69. The van der Waals surface area contributed by atoms with E-state index in [-0.39, 0.29) is 17.4 Å². The number of carbonyl (C=O) groups is 1. The molecule has 6 nitrogen and oxygen atoms in total. The minimum atomic E-state index is -0.725. The molecular weight excluding hydrogens is 262 g/mol.